The molecule has 3 rings (SSSR count). The number of methoxy groups -OCH3 is 1. The number of benzene rings is 2. The van der Waals surface area contributed by atoms with Gasteiger partial charge in [-0.25, -0.2) is 4.79 Å². The van der Waals surface area contributed by atoms with Crippen molar-refractivity contribution in [1.29, 1.82) is 5.26 Å². The van der Waals surface area contributed by atoms with Gasteiger partial charge >= 0.3 is 5.97 Å². The van der Waals surface area contributed by atoms with E-state index in [0.29, 0.717) is 28.2 Å². The molecule has 0 aliphatic heterocycles. The van der Waals surface area contributed by atoms with Gasteiger partial charge in [0.1, 0.15) is 17.1 Å². The van der Waals surface area contributed by atoms with Crippen LogP contribution in [0.3, 0.4) is 0 Å². The van der Waals surface area contributed by atoms with E-state index in [1.807, 2.05) is 30.3 Å². The minimum absolute atomic E-state index is 0.289. The van der Waals surface area contributed by atoms with Crippen LogP contribution >= 0.6 is 0 Å². The first-order chi connectivity index (χ1) is 12.6. The Balaban J connectivity index is 2.10. The van der Waals surface area contributed by atoms with E-state index in [4.69, 9.17) is 19.2 Å². The Morgan fingerprint density at radius 1 is 1.19 bits per heavy atom. The second-order valence-corrected chi connectivity index (χ2v) is 5.51. The quantitative estimate of drug-likeness (QED) is 0.508. The first kappa shape index (κ1) is 17.3. The van der Waals surface area contributed by atoms with Gasteiger partial charge in [0.05, 0.1) is 25.3 Å². The number of esters is 1. The third-order valence-electron chi connectivity index (χ3n) is 3.86. The molecule has 0 fully saturated rings. The highest BCUT2D eigenvalue weighted by Gasteiger charge is 2.14. The number of fused-ring (bicyclic) bond motifs is 1. The van der Waals surface area contributed by atoms with Crippen molar-refractivity contribution in [3.8, 4) is 11.8 Å². The molecule has 3 aromatic rings. The summed E-state index contributed by atoms with van der Waals surface area (Å²) in [6.07, 6.45) is 1.41. The maximum Gasteiger partial charge on any atom is 0.331 e. The van der Waals surface area contributed by atoms with Crippen molar-refractivity contribution in [3.05, 3.63) is 71.5 Å². The van der Waals surface area contributed by atoms with Gasteiger partial charge in [-0.3, -0.25) is 0 Å². The number of nitriles is 1. The van der Waals surface area contributed by atoms with Crippen LogP contribution in [-0.2, 0) is 9.53 Å². The molecule has 0 N–H and O–H groups in total. The molecule has 1 aromatic heterocycles. The lowest BCUT2D eigenvalue weighted by Crippen LogP contribution is -2.01. The lowest BCUT2D eigenvalue weighted by molar-refractivity contribution is -0.137. The molecule has 5 heteroatoms. The molecule has 1 heterocycles. The van der Waals surface area contributed by atoms with Crippen LogP contribution in [0.25, 0.3) is 16.5 Å². The highest BCUT2D eigenvalue weighted by atomic mass is 16.5. The normalized spacial score (nSPS) is 11.2. The molecule has 0 spiro atoms. The maximum atomic E-state index is 12.0. The fraction of sp³-hybridized carbons (Fsp3) is 0.143. The van der Waals surface area contributed by atoms with E-state index in [1.54, 1.807) is 32.2 Å². The van der Waals surface area contributed by atoms with Gasteiger partial charge in [0, 0.05) is 17.0 Å². The van der Waals surface area contributed by atoms with Crippen molar-refractivity contribution in [2.24, 2.45) is 0 Å². The zero-order chi connectivity index (χ0) is 18.5. The largest absolute Gasteiger partial charge is 0.497 e. The average molecular weight is 347 g/mol. The molecule has 26 heavy (non-hydrogen) atoms. The lowest BCUT2D eigenvalue weighted by atomic mass is 10.0. The fourth-order valence-corrected chi connectivity index (χ4v) is 2.61. The average Bonchev–Trinajstić information content (AvgIpc) is 3.09. The molecule has 0 saturated heterocycles. The maximum absolute atomic E-state index is 12.0. The zero-order valence-electron chi connectivity index (χ0n) is 14.5. The number of nitrogens with zero attached hydrogens (tertiary/aromatic N) is 1. The van der Waals surface area contributed by atoms with Crippen molar-refractivity contribution in [2.75, 3.05) is 13.7 Å². The Labute approximate surface area is 151 Å². The molecule has 0 saturated carbocycles. The van der Waals surface area contributed by atoms with Crippen LogP contribution in [0.1, 0.15) is 23.8 Å². The zero-order valence-corrected chi connectivity index (χ0v) is 14.5. The summed E-state index contributed by atoms with van der Waals surface area (Å²) in [5.41, 5.74) is 2.58. The van der Waals surface area contributed by atoms with Crippen LogP contribution in [0.2, 0.25) is 0 Å². The summed E-state index contributed by atoms with van der Waals surface area (Å²) in [5.74, 6) is 0.789. The minimum Gasteiger partial charge on any atom is -0.497 e. The number of rotatable bonds is 5. The van der Waals surface area contributed by atoms with Crippen LogP contribution in [0, 0.1) is 11.3 Å². The van der Waals surface area contributed by atoms with E-state index >= 15 is 0 Å². The van der Waals surface area contributed by atoms with Crippen molar-refractivity contribution in [3.63, 3.8) is 0 Å². The minimum atomic E-state index is -0.448. The Morgan fingerprint density at radius 2 is 1.96 bits per heavy atom. The Kier molecular flexibility index (Phi) is 5.04. The first-order valence-corrected chi connectivity index (χ1v) is 8.11. The summed E-state index contributed by atoms with van der Waals surface area (Å²) in [5, 5.41) is 9.85. The molecule has 0 radical (unpaired) electrons. The van der Waals surface area contributed by atoms with Crippen LogP contribution in [0.15, 0.2) is 59.0 Å². The second kappa shape index (κ2) is 7.58. The first-order valence-electron chi connectivity index (χ1n) is 8.11. The highest BCUT2D eigenvalue weighted by Crippen LogP contribution is 2.30. The van der Waals surface area contributed by atoms with Gasteiger partial charge < -0.3 is 13.9 Å². The number of carbonyl (C=O) groups excluding carboxylic acids is 1. The van der Waals surface area contributed by atoms with Gasteiger partial charge in [-0.1, -0.05) is 12.1 Å². The Bertz CT molecular complexity index is 1010. The number of carbonyl (C=O) groups is 1. The highest BCUT2D eigenvalue weighted by molar-refractivity contribution is 5.97. The van der Waals surface area contributed by atoms with Gasteiger partial charge in [0.25, 0.3) is 0 Å². The monoisotopic (exact) mass is 347 g/mol. The van der Waals surface area contributed by atoms with Crippen LogP contribution in [0.5, 0.6) is 5.75 Å². The molecule has 5 nitrogen and oxygen atoms in total. The molecule has 0 amide bonds. The van der Waals surface area contributed by atoms with E-state index in [0.717, 1.165) is 10.9 Å². The second-order valence-electron chi connectivity index (χ2n) is 5.51. The van der Waals surface area contributed by atoms with E-state index in [9.17, 15) is 4.79 Å². The van der Waals surface area contributed by atoms with Crippen LogP contribution in [0.4, 0.5) is 0 Å². The number of ether oxygens (including phenoxy) is 2. The summed E-state index contributed by atoms with van der Waals surface area (Å²) in [6, 6.07) is 16.4. The summed E-state index contributed by atoms with van der Waals surface area (Å²) in [4.78, 5) is 12.0. The SMILES string of the molecule is CCOC(=O)/C=C(\c1ccc(OC)cc1)c1cc2cc(C#N)ccc2o1. The summed E-state index contributed by atoms with van der Waals surface area (Å²) in [6.45, 7) is 2.04. The van der Waals surface area contributed by atoms with E-state index in [2.05, 4.69) is 6.07 Å². The molecular formula is C21H17NO4. The van der Waals surface area contributed by atoms with Crippen molar-refractivity contribution in [2.45, 2.75) is 6.92 Å². The van der Waals surface area contributed by atoms with E-state index in [-0.39, 0.29) is 6.61 Å². The Morgan fingerprint density at radius 3 is 2.62 bits per heavy atom. The van der Waals surface area contributed by atoms with E-state index in [1.165, 1.54) is 6.08 Å². The van der Waals surface area contributed by atoms with Crippen molar-refractivity contribution < 1.29 is 18.7 Å². The number of furan rings is 1. The number of hydrogen-bond acceptors (Lipinski definition) is 5. The topological polar surface area (TPSA) is 72.5 Å². The van der Waals surface area contributed by atoms with Gasteiger partial charge in [-0.05, 0) is 48.9 Å². The lowest BCUT2D eigenvalue weighted by Gasteiger charge is -2.07. The molecule has 0 aliphatic carbocycles. The predicted octanol–water partition coefficient (Wildman–Crippen LogP) is 4.31. The van der Waals surface area contributed by atoms with Gasteiger partial charge in [-0.15, -0.1) is 0 Å². The van der Waals surface area contributed by atoms with Gasteiger partial charge in [-0.2, -0.15) is 5.26 Å². The summed E-state index contributed by atoms with van der Waals surface area (Å²) in [7, 11) is 1.59. The summed E-state index contributed by atoms with van der Waals surface area (Å²) >= 11 is 0. The molecular weight excluding hydrogens is 330 g/mol. The third-order valence-corrected chi connectivity index (χ3v) is 3.86. The molecule has 0 atom stereocenters. The molecule has 130 valence electrons. The fourth-order valence-electron chi connectivity index (χ4n) is 2.61. The predicted molar refractivity (Wildman–Crippen MR) is 97.6 cm³/mol. The Hall–Kier alpha value is -3.52. The molecule has 2 aromatic carbocycles. The molecule has 0 bridgehead atoms. The summed E-state index contributed by atoms with van der Waals surface area (Å²) < 4.78 is 16.1. The van der Waals surface area contributed by atoms with Crippen molar-refractivity contribution in [1.82, 2.24) is 0 Å². The van der Waals surface area contributed by atoms with Crippen LogP contribution < -0.4 is 4.74 Å². The van der Waals surface area contributed by atoms with E-state index < -0.39 is 5.97 Å². The molecule has 0 aliphatic rings. The smallest absolute Gasteiger partial charge is 0.331 e. The third kappa shape index (κ3) is 3.60. The van der Waals surface area contributed by atoms with Crippen molar-refractivity contribution >= 4 is 22.5 Å². The van der Waals surface area contributed by atoms with Gasteiger partial charge in [0.15, 0.2) is 0 Å². The van der Waals surface area contributed by atoms with Crippen LogP contribution in [-0.4, -0.2) is 19.7 Å². The number of hydrogen-bond donors (Lipinski definition) is 0. The molecule has 0 unspecified atom stereocenters. The van der Waals surface area contributed by atoms with Gasteiger partial charge in [0.2, 0.25) is 0 Å². The standard InChI is InChI=1S/C21H17NO4/c1-3-25-21(23)12-18(15-5-7-17(24-2)8-6-15)20-11-16-10-14(13-22)4-9-19(16)26-20/h4-12H,3H2,1-2H3/b18-12+.